The van der Waals surface area contributed by atoms with Crippen LogP contribution in [-0.2, 0) is 0 Å². The summed E-state index contributed by atoms with van der Waals surface area (Å²) in [6.07, 6.45) is -0.376. The standard InChI is InChI=1S/C10H13ClF2N8/c11-7(15)6-8(16)20-10(21-9(6)17)19-4(1-14)2-18-3-5(12)13/h1-2,5,15H,3,14H2,(H5,16,17,19,20,21). The number of anilines is 3. The average molecular weight is 319 g/mol. The highest BCUT2D eigenvalue weighted by Crippen LogP contribution is 2.20. The van der Waals surface area contributed by atoms with Crippen molar-refractivity contribution in [1.29, 1.82) is 5.41 Å². The van der Waals surface area contributed by atoms with Gasteiger partial charge in [0.2, 0.25) is 5.95 Å². The lowest BCUT2D eigenvalue weighted by Crippen LogP contribution is -2.13. The molecule has 8 N–H and O–H groups in total. The fourth-order valence-corrected chi connectivity index (χ4v) is 1.45. The minimum Gasteiger partial charge on any atom is -0.403 e. The average Bonchev–Trinajstić information content (AvgIpc) is 2.35. The van der Waals surface area contributed by atoms with Crippen LogP contribution in [-0.4, -0.2) is 34.3 Å². The van der Waals surface area contributed by atoms with Crippen molar-refractivity contribution in [3.05, 3.63) is 17.5 Å². The zero-order valence-electron chi connectivity index (χ0n) is 10.6. The fraction of sp³-hybridized carbons (Fsp3) is 0.200. The summed E-state index contributed by atoms with van der Waals surface area (Å²) in [5, 5.41) is 9.48. The van der Waals surface area contributed by atoms with Gasteiger partial charge in [-0.3, -0.25) is 10.4 Å². The first-order valence-corrected chi connectivity index (χ1v) is 5.87. The molecule has 114 valence electrons. The predicted octanol–water partition coefficient (Wildman–Crippen LogP) is 0.753. The Balaban J connectivity index is 2.92. The molecular weight excluding hydrogens is 306 g/mol. The summed E-state index contributed by atoms with van der Waals surface area (Å²) in [7, 11) is 0. The van der Waals surface area contributed by atoms with Gasteiger partial charge in [-0.1, -0.05) is 11.6 Å². The molecule has 8 nitrogen and oxygen atoms in total. The number of hydrogen-bond donors (Lipinski definition) is 5. The predicted molar refractivity (Wildman–Crippen MR) is 78.8 cm³/mol. The van der Waals surface area contributed by atoms with Gasteiger partial charge in [-0.2, -0.15) is 9.97 Å². The number of nitrogen functional groups attached to an aromatic ring is 2. The van der Waals surface area contributed by atoms with Crippen LogP contribution in [0.2, 0.25) is 0 Å². The molecule has 1 aromatic heterocycles. The molecule has 0 amide bonds. The van der Waals surface area contributed by atoms with Crippen molar-refractivity contribution in [1.82, 2.24) is 9.97 Å². The molecule has 0 aliphatic rings. The molecule has 1 rings (SSSR count). The minimum atomic E-state index is -2.56. The number of aromatic nitrogens is 2. The van der Waals surface area contributed by atoms with E-state index in [9.17, 15) is 8.78 Å². The maximum Gasteiger partial charge on any atom is 0.257 e. The molecule has 0 unspecified atom stereocenters. The number of rotatable bonds is 6. The van der Waals surface area contributed by atoms with Crippen LogP contribution in [0, 0.1) is 5.41 Å². The SMILES string of the molecule is N=C(Cl)c1c(N)nc(NC(C=NCC(F)F)=CN)nc1N. The van der Waals surface area contributed by atoms with Crippen LogP contribution in [0.3, 0.4) is 0 Å². The topological polar surface area (TPSA) is 152 Å². The fourth-order valence-electron chi connectivity index (χ4n) is 1.25. The van der Waals surface area contributed by atoms with Crippen molar-refractivity contribution in [2.45, 2.75) is 6.43 Å². The highest BCUT2D eigenvalue weighted by molar-refractivity contribution is 6.69. The van der Waals surface area contributed by atoms with E-state index in [1.165, 1.54) is 0 Å². The molecule has 0 saturated heterocycles. The number of nitrogens with zero attached hydrogens (tertiary/aromatic N) is 3. The van der Waals surface area contributed by atoms with Crippen LogP contribution in [0.4, 0.5) is 26.4 Å². The van der Waals surface area contributed by atoms with Gasteiger partial charge in [0, 0.05) is 12.4 Å². The lowest BCUT2D eigenvalue weighted by Gasteiger charge is -2.09. The van der Waals surface area contributed by atoms with Crippen LogP contribution in [0.5, 0.6) is 0 Å². The van der Waals surface area contributed by atoms with Crippen LogP contribution in [0.25, 0.3) is 0 Å². The quantitative estimate of drug-likeness (QED) is 0.488. The van der Waals surface area contributed by atoms with E-state index in [1.54, 1.807) is 0 Å². The monoisotopic (exact) mass is 318 g/mol. The van der Waals surface area contributed by atoms with E-state index in [0.29, 0.717) is 0 Å². The molecule has 0 saturated carbocycles. The number of alkyl halides is 2. The summed E-state index contributed by atoms with van der Waals surface area (Å²) >= 11 is 5.50. The van der Waals surface area contributed by atoms with Crippen molar-refractivity contribution >= 4 is 40.6 Å². The van der Waals surface area contributed by atoms with Crippen molar-refractivity contribution in [2.75, 3.05) is 23.3 Å². The largest absolute Gasteiger partial charge is 0.403 e. The van der Waals surface area contributed by atoms with Gasteiger partial charge in [-0.05, 0) is 0 Å². The van der Waals surface area contributed by atoms with Crippen molar-refractivity contribution in [3.63, 3.8) is 0 Å². The second kappa shape index (κ2) is 7.33. The van der Waals surface area contributed by atoms with E-state index in [0.717, 1.165) is 12.4 Å². The van der Waals surface area contributed by atoms with Gasteiger partial charge in [0.25, 0.3) is 6.43 Å². The summed E-state index contributed by atoms with van der Waals surface area (Å²) in [6, 6.07) is 0. The Morgan fingerprint density at radius 3 is 2.38 bits per heavy atom. The van der Waals surface area contributed by atoms with Crippen LogP contribution in [0.15, 0.2) is 16.9 Å². The van der Waals surface area contributed by atoms with E-state index >= 15 is 0 Å². The molecule has 0 fully saturated rings. The van der Waals surface area contributed by atoms with E-state index in [-0.39, 0.29) is 28.8 Å². The zero-order valence-corrected chi connectivity index (χ0v) is 11.4. The van der Waals surface area contributed by atoms with Gasteiger partial charge >= 0.3 is 0 Å². The third-order valence-electron chi connectivity index (χ3n) is 2.09. The highest BCUT2D eigenvalue weighted by Gasteiger charge is 2.13. The molecule has 0 aromatic carbocycles. The Hall–Kier alpha value is -2.49. The summed E-state index contributed by atoms with van der Waals surface area (Å²) in [5.74, 6) is -0.247. The number of nitrogens with one attached hydrogen (secondary N) is 2. The molecular formula is C10H13ClF2N8. The van der Waals surface area contributed by atoms with Crippen LogP contribution in [0.1, 0.15) is 5.56 Å². The Morgan fingerprint density at radius 1 is 1.38 bits per heavy atom. The number of aliphatic imine (C=N–C) groups is 1. The first kappa shape index (κ1) is 16.6. The molecule has 0 bridgehead atoms. The Bertz CT molecular complexity index is 563. The van der Waals surface area contributed by atoms with E-state index in [1.807, 2.05) is 0 Å². The molecule has 0 aliphatic heterocycles. The van der Waals surface area contributed by atoms with E-state index < -0.39 is 18.1 Å². The highest BCUT2D eigenvalue weighted by atomic mass is 35.5. The second-order valence-electron chi connectivity index (χ2n) is 3.64. The molecule has 1 heterocycles. The van der Waals surface area contributed by atoms with Crippen molar-refractivity contribution in [3.8, 4) is 0 Å². The first-order valence-electron chi connectivity index (χ1n) is 5.49. The second-order valence-corrected chi connectivity index (χ2v) is 4.02. The van der Waals surface area contributed by atoms with Gasteiger partial charge in [0.05, 0.1) is 17.8 Å². The van der Waals surface area contributed by atoms with Crippen LogP contribution < -0.4 is 22.5 Å². The molecule has 0 radical (unpaired) electrons. The smallest absolute Gasteiger partial charge is 0.257 e. The Labute approximate surface area is 123 Å². The Kier molecular flexibility index (Phi) is 5.79. The number of halogens is 3. The zero-order chi connectivity index (χ0) is 16.0. The van der Waals surface area contributed by atoms with Crippen molar-refractivity contribution in [2.24, 2.45) is 10.7 Å². The van der Waals surface area contributed by atoms with E-state index in [4.69, 9.17) is 34.2 Å². The molecule has 0 atom stereocenters. The normalized spacial score (nSPS) is 12.1. The summed E-state index contributed by atoms with van der Waals surface area (Å²) in [6.45, 7) is -0.660. The lowest BCUT2D eigenvalue weighted by atomic mass is 10.3. The van der Waals surface area contributed by atoms with Gasteiger partial charge in [-0.25, -0.2) is 8.78 Å². The van der Waals surface area contributed by atoms with E-state index in [2.05, 4.69) is 20.3 Å². The molecule has 1 aromatic rings. The number of nitrogens with two attached hydrogens (primary N) is 3. The molecule has 21 heavy (non-hydrogen) atoms. The summed E-state index contributed by atoms with van der Waals surface area (Å²) in [5.41, 5.74) is 16.7. The summed E-state index contributed by atoms with van der Waals surface area (Å²) in [4.78, 5) is 11.1. The Morgan fingerprint density at radius 2 is 1.95 bits per heavy atom. The maximum atomic E-state index is 12.0. The number of allylic oxidation sites excluding steroid dienone is 1. The molecule has 0 spiro atoms. The number of hydrogen-bond acceptors (Lipinski definition) is 8. The maximum absolute atomic E-state index is 12.0. The summed E-state index contributed by atoms with van der Waals surface area (Å²) < 4.78 is 23.9. The van der Waals surface area contributed by atoms with Crippen molar-refractivity contribution < 1.29 is 8.78 Å². The van der Waals surface area contributed by atoms with Gasteiger partial charge in [-0.15, -0.1) is 0 Å². The molecule has 0 aliphatic carbocycles. The van der Waals surface area contributed by atoms with Gasteiger partial charge in [0.1, 0.15) is 16.8 Å². The molecule has 11 heteroatoms. The third-order valence-corrected chi connectivity index (χ3v) is 2.28. The van der Waals surface area contributed by atoms with Gasteiger partial charge in [0.15, 0.2) is 0 Å². The first-order chi connectivity index (χ1) is 9.85. The van der Waals surface area contributed by atoms with Crippen LogP contribution >= 0.6 is 11.6 Å². The lowest BCUT2D eigenvalue weighted by molar-refractivity contribution is 0.159. The van der Waals surface area contributed by atoms with Gasteiger partial charge < -0.3 is 22.5 Å². The third kappa shape index (κ3) is 4.84. The minimum absolute atomic E-state index is 0.00635.